The average molecular weight is 263 g/mol. The van der Waals surface area contributed by atoms with Crippen LogP contribution in [0.2, 0.25) is 5.02 Å². The van der Waals surface area contributed by atoms with Gasteiger partial charge in [-0.25, -0.2) is 4.39 Å². The van der Waals surface area contributed by atoms with E-state index in [1.54, 1.807) is 30.3 Å². The van der Waals surface area contributed by atoms with Gasteiger partial charge in [-0.1, -0.05) is 36.1 Å². The summed E-state index contributed by atoms with van der Waals surface area (Å²) in [5.41, 5.74) is 1.87. The number of benzene rings is 2. The van der Waals surface area contributed by atoms with Gasteiger partial charge in [0.15, 0.2) is 0 Å². The third-order valence-corrected chi connectivity index (χ3v) is 3.13. The van der Waals surface area contributed by atoms with Gasteiger partial charge < -0.3 is 4.74 Å². The molecule has 2 rings (SSSR count). The van der Waals surface area contributed by atoms with Crippen molar-refractivity contribution in [3.05, 3.63) is 52.8 Å². The Morgan fingerprint density at radius 3 is 2.67 bits per heavy atom. The topological polar surface area (TPSA) is 9.23 Å². The second kappa shape index (κ2) is 5.45. The van der Waals surface area contributed by atoms with E-state index >= 15 is 0 Å². The maximum absolute atomic E-state index is 14.4. The van der Waals surface area contributed by atoms with Crippen LogP contribution in [0.3, 0.4) is 0 Å². The van der Waals surface area contributed by atoms with Crippen LogP contribution in [0.15, 0.2) is 36.4 Å². The number of rotatable bonds is 3. The van der Waals surface area contributed by atoms with E-state index in [2.05, 4.69) is 0 Å². The van der Waals surface area contributed by atoms with Crippen LogP contribution in [0.4, 0.5) is 4.39 Å². The van der Waals surface area contributed by atoms with Gasteiger partial charge in [0.05, 0.1) is 12.7 Å². The first-order valence-electron chi connectivity index (χ1n) is 5.78. The van der Waals surface area contributed by atoms with Crippen LogP contribution < -0.4 is 4.74 Å². The first-order chi connectivity index (χ1) is 8.67. The van der Waals surface area contributed by atoms with Gasteiger partial charge in [0, 0.05) is 5.02 Å². The largest absolute Gasteiger partial charge is 0.496 e. The summed E-state index contributed by atoms with van der Waals surface area (Å²) in [5.74, 6) is 0.283. The van der Waals surface area contributed by atoms with E-state index < -0.39 is 0 Å². The van der Waals surface area contributed by atoms with Gasteiger partial charge in [0.25, 0.3) is 0 Å². The summed E-state index contributed by atoms with van der Waals surface area (Å²) < 4.78 is 19.7. The summed E-state index contributed by atoms with van der Waals surface area (Å²) in [7, 11) is 3.46. The van der Waals surface area contributed by atoms with Gasteiger partial charge >= 0.3 is 0 Å². The first-order valence-corrected chi connectivity index (χ1v) is 6.16. The Balaban J connectivity index is 2.68. The third kappa shape index (κ3) is 2.36. The Labute approximate surface area is 112 Å². The normalized spacial score (nSPS) is 10.4. The van der Waals surface area contributed by atoms with Gasteiger partial charge in [-0.15, -0.1) is 0 Å². The smallest absolute Gasteiger partial charge is 0.137 e. The minimum Gasteiger partial charge on any atom is -0.496 e. The average Bonchev–Trinajstić information content (AvgIpc) is 2.38. The molecule has 0 atom stereocenters. The Morgan fingerprint density at radius 1 is 1.28 bits per heavy atom. The Hall–Kier alpha value is -1.48. The molecule has 2 aromatic rings. The minimum atomic E-state index is -0.237. The molecule has 0 bridgehead atoms. The van der Waals surface area contributed by atoms with Crippen molar-refractivity contribution in [2.24, 2.45) is 0 Å². The molecule has 0 unspecified atom stereocenters. The molecular formula is C14H13BClFO. The Bertz CT molecular complexity index is 572. The summed E-state index contributed by atoms with van der Waals surface area (Å²) in [6.07, 6.45) is 0.642. The zero-order valence-electron chi connectivity index (χ0n) is 10.3. The highest BCUT2D eigenvalue weighted by Crippen LogP contribution is 2.35. The SMILES string of the molecule is BCc1ccc(OC)c(-c2cccc(Cl)c2)c1F. The molecule has 0 aliphatic heterocycles. The summed E-state index contributed by atoms with van der Waals surface area (Å²) in [4.78, 5) is 0. The van der Waals surface area contributed by atoms with Crippen LogP contribution in [-0.2, 0) is 6.32 Å². The third-order valence-electron chi connectivity index (χ3n) is 2.90. The molecule has 0 N–H and O–H groups in total. The van der Waals surface area contributed by atoms with E-state index in [4.69, 9.17) is 16.3 Å². The molecule has 0 aliphatic carbocycles. The maximum atomic E-state index is 14.4. The number of ether oxygens (including phenoxy) is 1. The van der Waals surface area contributed by atoms with Crippen molar-refractivity contribution >= 4 is 19.4 Å². The molecule has 0 aliphatic rings. The number of hydrogen-bond acceptors (Lipinski definition) is 1. The molecule has 0 heterocycles. The van der Waals surface area contributed by atoms with Crippen LogP contribution in [0.5, 0.6) is 5.75 Å². The first kappa shape index (κ1) is 13.0. The van der Waals surface area contributed by atoms with Gasteiger partial charge in [0.1, 0.15) is 19.4 Å². The highest BCUT2D eigenvalue weighted by atomic mass is 35.5. The van der Waals surface area contributed by atoms with Crippen molar-refractivity contribution in [3.63, 3.8) is 0 Å². The van der Waals surface area contributed by atoms with Gasteiger partial charge in [-0.2, -0.15) is 0 Å². The van der Waals surface area contributed by atoms with E-state index in [1.165, 1.54) is 7.11 Å². The fourth-order valence-electron chi connectivity index (χ4n) is 1.96. The van der Waals surface area contributed by atoms with Crippen LogP contribution >= 0.6 is 11.6 Å². The minimum absolute atomic E-state index is 0.237. The van der Waals surface area contributed by atoms with E-state index in [9.17, 15) is 4.39 Å². The summed E-state index contributed by atoms with van der Waals surface area (Å²) in [5, 5.41) is 0.579. The summed E-state index contributed by atoms with van der Waals surface area (Å²) >= 11 is 5.95. The molecule has 92 valence electrons. The lowest BCUT2D eigenvalue weighted by Crippen LogP contribution is -1.97. The monoisotopic (exact) mass is 262 g/mol. The van der Waals surface area contributed by atoms with Crippen molar-refractivity contribution < 1.29 is 9.13 Å². The lowest BCUT2D eigenvalue weighted by Gasteiger charge is -2.12. The van der Waals surface area contributed by atoms with E-state index in [-0.39, 0.29) is 5.82 Å². The summed E-state index contributed by atoms with van der Waals surface area (Å²) in [6, 6.07) is 10.7. The van der Waals surface area contributed by atoms with Crippen LogP contribution in [0, 0.1) is 5.82 Å². The Kier molecular flexibility index (Phi) is 3.92. The summed E-state index contributed by atoms with van der Waals surface area (Å²) in [6.45, 7) is 0. The lowest BCUT2D eigenvalue weighted by molar-refractivity contribution is 0.413. The molecular weight excluding hydrogens is 249 g/mol. The van der Waals surface area contributed by atoms with Crippen LogP contribution in [0.25, 0.3) is 11.1 Å². The van der Waals surface area contributed by atoms with Crippen molar-refractivity contribution in [1.82, 2.24) is 0 Å². The molecule has 0 saturated heterocycles. The quantitative estimate of drug-likeness (QED) is 0.771. The fourth-order valence-corrected chi connectivity index (χ4v) is 2.15. The molecule has 0 radical (unpaired) electrons. The second-order valence-corrected chi connectivity index (χ2v) is 4.42. The second-order valence-electron chi connectivity index (χ2n) is 3.98. The van der Waals surface area contributed by atoms with Crippen molar-refractivity contribution in [1.29, 1.82) is 0 Å². The molecule has 0 aromatic heterocycles. The zero-order chi connectivity index (χ0) is 13.1. The van der Waals surface area contributed by atoms with Gasteiger partial charge in [-0.05, 0) is 29.3 Å². The number of hydrogen-bond donors (Lipinski definition) is 0. The van der Waals surface area contributed by atoms with E-state index in [1.807, 2.05) is 13.9 Å². The lowest BCUT2D eigenvalue weighted by atomic mass is 9.92. The molecule has 0 amide bonds. The molecule has 0 fully saturated rings. The van der Waals surface area contributed by atoms with Gasteiger partial charge in [0.2, 0.25) is 0 Å². The van der Waals surface area contributed by atoms with Crippen LogP contribution in [-0.4, -0.2) is 15.0 Å². The van der Waals surface area contributed by atoms with Crippen molar-refractivity contribution in [3.8, 4) is 16.9 Å². The van der Waals surface area contributed by atoms with E-state index in [0.29, 0.717) is 28.2 Å². The van der Waals surface area contributed by atoms with Crippen molar-refractivity contribution in [2.75, 3.05) is 7.11 Å². The number of halogens is 2. The zero-order valence-corrected chi connectivity index (χ0v) is 11.1. The van der Waals surface area contributed by atoms with Gasteiger partial charge in [-0.3, -0.25) is 0 Å². The highest BCUT2D eigenvalue weighted by molar-refractivity contribution is 6.30. The van der Waals surface area contributed by atoms with Crippen LogP contribution in [0.1, 0.15) is 5.56 Å². The molecule has 18 heavy (non-hydrogen) atoms. The molecule has 0 spiro atoms. The molecule has 2 aromatic carbocycles. The fraction of sp³-hybridized carbons (Fsp3) is 0.143. The highest BCUT2D eigenvalue weighted by Gasteiger charge is 2.15. The van der Waals surface area contributed by atoms with E-state index in [0.717, 1.165) is 5.56 Å². The number of methoxy groups -OCH3 is 1. The maximum Gasteiger partial charge on any atom is 0.137 e. The Morgan fingerprint density at radius 2 is 2.06 bits per heavy atom. The van der Waals surface area contributed by atoms with Crippen molar-refractivity contribution in [2.45, 2.75) is 6.32 Å². The molecule has 1 nitrogen and oxygen atoms in total. The predicted octanol–water partition coefficient (Wildman–Crippen LogP) is 3.29. The predicted molar refractivity (Wildman–Crippen MR) is 75.6 cm³/mol. The molecule has 0 saturated carbocycles. The molecule has 4 heteroatoms. The standard InChI is InChI=1S/C14H13BClFO/c1-18-12-6-5-10(8-15)14(17)13(12)9-3-2-4-11(16)7-9/h2-7H,8,15H2,1H3.